The minimum atomic E-state index is -0.882. The van der Waals surface area contributed by atoms with Crippen LogP contribution >= 0.6 is 0 Å². The molecule has 1 aliphatic rings. The van der Waals surface area contributed by atoms with Crippen LogP contribution in [0, 0.1) is 11.8 Å². The number of carbonyl (C=O) groups is 3. The number of H-pyrrole nitrogens is 1. The fourth-order valence-corrected chi connectivity index (χ4v) is 6.29. The molecule has 2 aromatic rings. The van der Waals surface area contributed by atoms with Gasteiger partial charge in [-0.05, 0) is 50.5 Å². The summed E-state index contributed by atoms with van der Waals surface area (Å²) in [5.74, 6) is 0.214. The molecule has 1 heterocycles. The van der Waals surface area contributed by atoms with E-state index in [1.807, 2.05) is 44.2 Å². The van der Waals surface area contributed by atoms with Crippen molar-refractivity contribution in [3.63, 3.8) is 0 Å². The number of urea groups is 1. The van der Waals surface area contributed by atoms with E-state index in [1.165, 1.54) is 24.2 Å². The van der Waals surface area contributed by atoms with Crippen molar-refractivity contribution in [1.82, 2.24) is 30.4 Å². The van der Waals surface area contributed by atoms with E-state index in [2.05, 4.69) is 34.4 Å². The molecule has 1 aromatic carbocycles. The second kappa shape index (κ2) is 18.5. The second-order valence-corrected chi connectivity index (χ2v) is 13.0. The largest absolute Gasteiger partial charge is 0.391 e. The lowest BCUT2D eigenvalue weighted by Gasteiger charge is -2.35. The molecule has 250 valence electrons. The molecule has 0 spiro atoms. The van der Waals surface area contributed by atoms with Crippen molar-refractivity contribution in [2.75, 3.05) is 20.1 Å². The summed E-state index contributed by atoms with van der Waals surface area (Å²) in [5, 5.41) is 17.4. The minimum Gasteiger partial charge on any atom is -0.391 e. The molecular formula is C35H56N6O4. The van der Waals surface area contributed by atoms with Gasteiger partial charge in [-0.2, -0.15) is 0 Å². The smallest absolute Gasteiger partial charge is 0.318 e. The SMILES string of the molecule is CCN(CC)C(=O)N[C@@H](Cc1ccccc1)C(=O)N(C)[C@@H](Cc1cnc[nH]1)C(=O)N[C@@H](CC1CCCCC1)[C@@H](O)CCC(C)C. The summed E-state index contributed by atoms with van der Waals surface area (Å²) in [4.78, 5) is 51.8. The van der Waals surface area contributed by atoms with Crippen molar-refractivity contribution < 1.29 is 19.5 Å². The number of carbonyl (C=O) groups excluding carboxylic acids is 3. The van der Waals surface area contributed by atoms with Gasteiger partial charge in [0.1, 0.15) is 12.1 Å². The summed E-state index contributed by atoms with van der Waals surface area (Å²) in [6, 6.07) is 7.07. The maximum Gasteiger partial charge on any atom is 0.318 e. The zero-order valence-electron chi connectivity index (χ0n) is 28.0. The van der Waals surface area contributed by atoms with Gasteiger partial charge in [0.05, 0.1) is 18.5 Å². The summed E-state index contributed by atoms with van der Waals surface area (Å²) in [6.07, 6.45) is 11.0. The highest BCUT2D eigenvalue weighted by atomic mass is 16.3. The molecule has 4 amide bonds. The molecule has 45 heavy (non-hydrogen) atoms. The Bertz CT molecular complexity index is 1150. The van der Waals surface area contributed by atoms with Gasteiger partial charge in [-0.15, -0.1) is 0 Å². The first-order valence-electron chi connectivity index (χ1n) is 16.9. The maximum absolute atomic E-state index is 14.2. The molecular weight excluding hydrogens is 568 g/mol. The number of hydrogen-bond acceptors (Lipinski definition) is 5. The molecule has 0 saturated heterocycles. The van der Waals surface area contributed by atoms with E-state index < -0.39 is 24.2 Å². The lowest BCUT2D eigenvalue weighted by Crippen LogP contribution is -2.58. The molecule has 0 radical (unpaired) electrons. The standard InChI is InChI=1S/C35H56N6O4/c1-6-41(7-2)35(45)39-30(21-27-16-12-9-13-17-27)34(44)40(5)31(22-28-23-36-24-37-28)33(43)38-29(32(42)19-18-25(3)4)20-26-14-10-8-11-15-26/h9,12-13,16-17,23-26,29-32,42H,6-8,10-11,14-15,18-22H2,1-5H3,(H,36,37)(H,38,43)(H,39,45)/t29-,30-,31-,32-/m0/s1. The highest BCUT2D eigenvalue weighted by Crippen LogP contribution is 2.29. The lowest BCUT2D eigenvalue weighted by atomic mass is 9.83. The van der Waals surface area contributed by atoms with Gasteiger partial charge in [0, 0.05) is 44.9 Å². The van der Waals surface area contributed by atoms with E-state index in [0.29, 0.717) is 37.0 Å². The van der Waals surface area contributed by atoms with E-state index in [9.17, 15) is 19.5 Å². The summed E-state index contributed by atoms with van der Waals surface area (Å²) in [6.45, 7) is 9.08. The molecule has 0 bridgehead atoms. The Hall–Kier alpha value is -3.40. The Morgan fingerprint density at radius 1 is 1.00 bits per heavy atom. The quantitative estimate of drug-likeness (QED) is 0.203. The van der Waals surface area contributed by atoms with Crippen LogP contribution < -0.4 is 10.6 Å². The van der Waals surface area contributed by atoms with E-state index in [0.717, 1.165) is 31.2 Å². The van der Waals surface area contributed by atoms with Gasteiger partial charge in [-0.25, -0.2) is 9.78 Å². The van der Waals surface area contributed by atoms with Crippen molar-refractivity contribution in [1.29, 1.82) is 0 Å². The molecule has 4 atom stereocenters. The van der Waals surface area contributed by atoms with Crippen molar-refractivity contribution >= 4 is 17.8 Å². The van der Waals surface area contributed by atoms with E-state index in [4.69, 9.17) is 0 Å². The lowest BCUT2D eigenvalue weighted by molar-refractivity contribution is -0.141. The number of nitrogens with one attached hydrogen (secondary N) is 3. The van der Waals surface area contributed by atoms with E-state index in [-0.39, 0.29) is 30.7 Å². The zero-order valence-corrected chi connectivity index (χ0v) is 28.0. The number of aliphatic hydroxyl groups excluding tert-OH is 1. The molecule has 10 heteroatoms. The Morgan fingerprint density at radius 3 is 2.29 bits per heavy atom. The van der Waals surface area contributed by atoms with E-state index >= 15 is 0 Å². The Balaban J connectivity index is 1.87. The number of likely N-dealkylation sites (N-methyl/N-ethyl adjacent to an activating group) is 1. The first-order chi connectivity index (χ1) is 21.6. The number of imidazole rings is 1. The zero-order chi connectivity index (χ0) is 32.8. The van der Waals surface area contributed by atoms with Gasteiger partial charge >= 0.3 is 6.03 Å². The molecule has 1 aliphatic carbocycles. The highest BCUT2D eigenvalue weighted by molar-refractivity contribution is 5.92. The predicted octanol–water partition coefficient (Wildman–Crippen LogP) is 4.69. The van der Waals surface area contributed by atoms with Crippen LogP contribution in [0.2, 0.25) is 0 Å². The van der Waals surface area contributed by atoms with Crippen LogP contribution in [-0.2, 0) is 22.4 Å². The third-order valence-electron chi connectivity index (χ3n) is 9.16. The Kier molecular flexibility index (Phi) is 14.9. The fraction of sp³-hybridized carbons (Fsp3) is 0.657. The van der Waals surface area contributed by atoms with Crippen LogP contribution in [0.1, 0.15) is 90.3 Å². The number of nitrogens with zero attached hydrogens (tertiary/aromatic N) is 3. The van der Waals surface area contributed by atoms with E-state index in [1.54, 1.807) is 24.5 Å². The van der Waals surface area contributed by atoms with Crippen molar-refractivity contribution in [2.24, 2.45) is 11.8 Å². The monoisotopic (exact) mass is 624 g/mol. The van der Waals surface area contributed by atoms with Crippen molar-refractivity contribution in [2.45, 2.75) is 116 Å². The number of hydrogen-bond donors (Lipinski definition) is 4. The van der Waals surface area contributed by atoms with Gasteiger partial charge in [-0.1, -0.05) is 76.3 Å². The molecule has 10 nitrogen and oxygen atoms in total. The Morgan fingerprint density at radius 2 is 1.69 bits per heavy atom. The Labute approximate surface area is 269 Å². The number of rotatable bonds is 17. The predicted molar refractivity (Wildman–Crippen MR) is 177 cm³/mol. The van der Waals surface area contributed by atoms with Gasteiger partial charge in [0.15, 0.2) is 0 Å². The van der Waals surface area contributed by atoms with Crippen molar-refractivity contribution in [3.05, 3.63) is 54.1 Å². The highest BCUT2D eigenvalue weighted by Gasteiger charge is 2.35. The second-order valence-electron chi connectivity index (χ2n) is 13.0. The summed E-state index contributed by atoms with van der Waals surface area (Å²) in [5.41, 5.74) is 1.62. The summed E-state index contributed by atoms with van der Waals surface area (Å²) in [7, 11) is 1.62. The molecule has 1 saturated carbocycles. The van der Waals surface area contributed by atoms with Crippen LogP contribution in [0.25, 0.3) is 0 Å². The normalized spacial score (nSPS) is 16.4. The topological polar surface area (TPSA) is 131 Å². The third-order valence-corrected chi connectivity index (χ3v) is 9.16. The van der Waals surface area contributed by atoms with Crippen molar-refractivity contribution in [3.8, 4) is 0 Å². The summed E-state index contributed by atoms with van der Waals surface area (Å²) < 4.78 is 0. The molecule has 0 aliphatic heterocycles. The van der Waals surface area contributed by atoms with Crippen LogP contribution in [0.15, 0.2) is 42.9 Å². The van der Waals surface area contributed by atoms with Crippen LogP contribution in [0.3, 0.4) is 0 Å². The molecule has 0 unspecified atom stereocenters. The average molecular weight is 625 g/mol. The molecule has 4 N–H and O–H groups in total. The van der Waals surface area contributed by atoms with Gasteiger partial charge in [0.2, 0.25) is 11.8 Å². The summed E-state index contributed by atoms with van der Waals surface area (Å²) >= 11 is 0. The third kappa shape index (κ3) is 11.5. The van der Waals surface area contributed by atoms with Gasteiger partial charge in [0.25, 0.3) is 0 Å². The number of benzene rings is 1. The number of aromatic amines is 1. The molecule has 3 rings (SSSR count). The average Bonchev–Trinajstić information content (AvgIpc) is 3.56. The maximum atomic E-state index is 14.2. The number of aliphatic hydroxyl groups is 1. The van der Waals surface area contributed by atoms with Crippen LogP contribution in [0.5, 0.6) is 0 Å². The number of aromatic nitrogens is 2. The number of amides is 4. The molecule has 1 fully saturated rings. The van der Waals surface area contributed by atoms with Crippen LogP contribution in [-0.4, -0.2) is 87.1 Å². The van der Waals surface area contributed by atoms with Gasteiger partial charge in [-0.3, -0.25) is 9.59 Å². The minimum absolute atomic E-state index is 0.217. The molecule has 1 aromatic heterocycles. The van der Waals surface area contributed by atoms with Gasteiger partial charge < -0.3 is 30.5 Å². The first kappa shape index (κ1) is 36.1. The fourth-order valence-electron chi connectivity index (χ4n) is 6.29. The van der Waals surface area contributed by atoms with Crippen LogP contribution in [0.4, 0.5) is 4.79 Å². The first-order valence-corrected chi connectivity index (χ1v) is 16.9.